The molecule has 3 heterocycles. The number of rotatable bonds is 5. The second kappa shape index (κ2) is 11.6. The van der Waals surface area contributed by atoms with E-state index in [2.05, 4.69) is 26.2 Å². The lowest BCUT2D eigenvalue weighted by atomic mass is 10.2. The van der Waals surface area contributed by atoms with E-state index in [4.69, 9.17) is 9.15 Å². The quantitative estimate of drug-likeness (QED) is 0.367. The summed E-state index contributed by atoms with van der Waals surface area (Å²) in [5.41, 5.74) is 0. The second-order valence-electron chi connectivity index (χ2n) is 7.31. The molecule has 0 aliphatic carbocycles. The highest BCUT2D eigenvalue weighted by Gasteiger charge is 2.28. The third kappa shape index (κ3) is 6.24. The summed E-state index contributed by atoms with van der Waals surface area (Å²) < 4.78 is 11.0. The molecular weight excluding hydrogens is 485 g/mol. The van der Waals surface area contributed by atoms with Crippen LogP contribution < -0.4 is 5.32 Å². The Kier molecular flexibility index (Phi) is 9.54. The van der Waals surface area contributed by atoms with E-state index in [-0.39, 0.29) is 36.1 Å². The normalized spacial score (nSPS) is 19.1. The van der Waals surface area contributed by atoms with Gasteiger partial charge < -0.3 is 24.3 Å². The fraction of sp³-hybridized carbons (Fsp3) is 0.700. The Morgan fingerprint density at radius 2 is 1.83 bits per heavy atom. The zero-order chi connectivity index (χ0) is 19.9. The molecule has 2 fully saturated rings. The van der Waals surface area contributed by atoms with E-state index in [0.717, 1.165) is 50.2 Å². The number of carbonyl (C=O) groups excluding carboxylic acids is 1. The maximum Gasteiger partial charge on any atom is 0.409 e. The largest absolute Gasteiger partial charge is 0.465 e. The summed E-state index contributed by atoms with van der Waals surface area (Å²) in [5, 5.41) is 3.53. The first-order chi connectivity index (χ1) is 13.6. The van der Waals surface area contributed by atoms with Gasteiger partial charge in [-0.2, -0.15) is 0 Å². The Hall–Kier alpha value is -1.49. The van der Waals surface area contributed by atoms with Gasteiger partial charge in [0, 0.05) is 39.8 Å². The summed E-state index contributed by atoms with van der Waals surface area (Å²) in [6.45, 7) is 9.95. The molecule has 1 unspecified atom stereocenters. The predicted molar refractivity (Wildman–Crippen MR) is 124 cm³/mol. The molecule has 0 spiro atoms. The average molecular weight is 519 g/mol. The third-order valence-corrected chi connectivity index (χ3v) is 5.44. The summed E-state index contributed by atoms with van der Waals surface area (Å²) in [5.74, 6) is 2.82. The Morgan fingerprint density at radius 1 is 1.17 bits per heavy atom. The minimum absolute atomic E-state index is 0. The number of ether oxygens (including phenoxy) is 1. The first-order valence-corrected chi connectivity index (χ1v) is 10.3. The van der Waals surface area contributed by atoms with Crippen molar-refractivity contribution in [2.75, 3.05) is 59.5 Å². The number of furan rings is 1. The summed E-state index contributed by atoms with van der Waals surface area (Å²) in [4.78, 5) is 22.8. The minimum atomic E-state index is -0.229. The maximum atomic E-state index is 11.9. The van der Waals surface area contributed by atoms with Crippen molar-refractivity contribution in [2.45, 2.75) is 32.7 Å². The third-order valence-electron chi connectivity index (χ3n) is 5.44. The Labute approximate surface area is 190 Å². The lowest BCUT2D eigenvalue weighted by molar-refractivity contribution is 0.0913. The van der Waals surface area contributed by atoms with E-state index in [9.17, 15) is 4.79 Å². The molecule has 0 aromatic carbocycles. The van der Waals surface area contributed by atoms with Crippen molar-refractivity contribution in [3.05, 3.63) is 23.7 Å². The molecule has 9 heteroatoms. The molecule has 3 rings (SSSR count). The van der Waals surface area contributed by atoms with Gasteiger partial charge in [0.25, 0.3) is 0 Å². The molecule has 2 saturated heterocycles. The fourth-order valence-electron chi connectivity index (χ4n) is 3.93. The SMILES string of the molecule is CCOC(=O)N1CCN(C(=NC)NCC(c2ccc(C)o2)N2CCCC2)CC1.I. The number of aliphatic imine (C=N–C) groups is 1. The van der Waals surface area contributed by atoms with Gasteiger partial charge in [0.2, 0.25) is 0 Å². The molecule has 1 aromatic rings. The zero-order valence-electron chi connectivity index (χ0n) is 17.7. The minimum Gasteiger partial charge on any atom is -0.465 e. The van der Waals surface area contributed by atoms with Crippen LogP contribution in [0.2, 0.25) is 0 Å². The number of halogens is 1. The van der Waals surface area contributed by atoms with Crippen molar-refractivity contribution in [3.8, 4) is 0 Å². The van der Waals surface area contributed by atoms with Gasteiger partial charge in [-0.1, -0.05) is 0 Å². The summed E-state index contributed by atoms with van der Waals surface area (Å²) in [6, 6.07) is 4.32. The molecule has 1 amide bonds. The van der Waals surface area contributed by atoms with Crippen molar-refractivity contribution in [1.29, 1.82) is 0 Å². The molecule has 29 heavy (non-hydrogen) atoms. The number of likely N-dealkylation sites (tertiary alicyclic amines) is 1. The summed E-state index contributed by atoms with van der Waals surface area (Å²) in [7, 11) is 1.81. The Morgan fingerprint density at radius 3 is 2.38 bits per heavy atom. The van der Waals surface area contributed by atoms with Crippen molar-refractivity contribution >= 4 is 36.0 Å². The van der Waals surface area contributed by atoms with Crippen LogP contribution in [0.5, 0.6) is 0 Å². The van der Waals surface area contributed by atoms with Gasteiger partial charge >= 0.3 is 6.09 Å². The highest BCUT2D eigenvalue weighted by atomic mass is 127. The van der Waals surface area contributed by atoms with E-state index in [1.165, 1.54) is 12.8 Å². The number of hydrogen-bond acceptors (Lipinski definition) is 5. The summed E-state index contributed by atoms with van der Waals surface area (Å²) >= 11 is 0. The van der Waals surface area contributed by atoms with Crippen molar-refractivity contribution < 1.29 is 13.9 Å². The van der Waals surface area contributed by atoms with E-state index in [1.54, 1.807) is 4.90 Å². The number of nitrogens with one attached hydrogen (secondary N) is 1. The zero-order valence-corrected chi connectivity index (χ0v) is 20.1. The van der Waals surface area contributed by atoms with E-state index < -0.39 is 0 Å². The predicted octanol–water partition coefficient (Wildman–Crippen LogP) is 2.69. The highest BCUT2D eigenvalue weighted by molar-refractivity contribution is 14.0. The fourth-order valence-corrected chi connectivity index (χ4v) is 3.93. The van der Waals surface area contributed by atoms with Crippen LogP contribution in [-0.4, -0.2) is 86.2 Å². The van der Waals surface area contributed by atoms with Gasteiger partial charge in [0.1, 0.15) is 11.5 Å². The van der Waals surface area contributed by atoms with Gasteiger partial charge in [0.15, 0.2) is 5.96 Å². The number of hydrogen-bond donors (Lipinski definition) is 1. The Balaban J connectivity index is 0.00000300. The van der Waals surface area contributed by atoms with E-state index in [1.807, 2.05) is 27.0 Å². The second-order valence-corrected chi connectivity index (χ2v) is 7.31. The monoisotopic (exact) mass is 519 g/mol. The summed E-state index contributed by atoms with van der Waals surface area (Å²) in [6.07, 6.45) is 2.24. The molecule has 2 aliphatic rings. The van der Waals surface area contributed by atoms with Gasteiger partial charge in [-0.15, -0.1) is 24.0 Å². The number of amides is 1. The molecule has 164 valence electrons. The van der Waals surface area contributed by atoms with Crippen LogP contribution in [0.4, 0.5) is 4.79 Å². The molecule has 0 saturated carbocycles. The number of piperazine rings is 1. The first kappa shape index (κ1) is 23.8. The molecule has 1 N–H and O–H groups in total. The van der Waals surface area contributed by atoms with Crippen LogP contribution in [0.15, 0.2) is 21.5 Å². The van der Waals surface area contributed by atoms with Crippen LogP contribution in [0.25, 0.3) is 0 Å². The molecular formula is C20H34IN5O3. The van der Waals surface area contributed by atoms with Crippen molar-refractivity contribution in [2.24, 2.45) is 4.99 Å². The van der Waals surface area contributed by atoms with Gasteiger partial charge in [-0.25, -0.2) is 4.79 Å². The molecule has 1 atom stereocenters. The smallest absolute Gasteiger partial charge is 0.409 e. The molecule has 2 aliphatic heterocycles. The van der Waals surface area contributed by atoms with Gasteiger partial charge in [-0.05, 0) is 51.9 Å². The van der Waals surface area contributed by atoms with Crippen LogP contribution in [0.1, 0.15) is 37.3 Å². The number of guanidine groups is 1. The standard InChI is InChI=1S/C20H33N5O3.HI/c1-4-27-20(26)25-13-11-24(12-14-25)19(21-3)22-15-17(23-9-5-6-10-23)18-8-7-16(2)28-18;/h7-8,17H,4-6,9-15H2,1-3H3,(H,21,22);1H. The average Bonchev–Trinajstić information content (AvgIpc) is 3.38. The number of carbonyl (C=O) groups is 1. The van der Waals surface area contributed by atoms with Gasteiger partial charge in [-0.3, -0.25) is 9.89 Å². The molecule has 0 radical (unpaired) electrons. The van der Waals surface area contributed by atoms with Crippen LogP contribution >= 0.6 is 24.0 Å². The first-order valence-electron chi connectivity index (χ1n) is 10.3. The topological polar surface area (TPSA) is 73.5 Å². The van der Waals surface area contributed by atoms with Crippen LogP contribution in [-0.2, 0) is 4.74 Å². The molecule has 1 aromatic heterocycles. The molecule has 8 nitrogen and oxygen atoms in total. The van der Waals surface area contributed by atoms with Gasteiger partial charge in [0.05, 0.1) is 12.6 Å². The van der Waals surface area contributed by atoms with Crippen molar-refractivity contribution in [1.82, 2.24) is 20.0 Å². The van der Waals surface area contributed by atoms with Crippen LogP contribution in [0.3, 0.4) is 0 Å². The maximum absolute atomic E-state index is 11.9. The lowest BCUT2D eigenvalue weighted by Crippen LogP contribution is -2.54. The molecule has 0 bridgehead atoms. The van der Waals surface area contributed by atoms with Crippen molar-refractivity contribution in [3.63, 3.8) is 0 Å². The highest BCUT2D eigenvalue weighted by Crippen LogP contribution is 2.26. The van der Waals surface area contributed by atoms with E-state index >= 15 is 0 Å². The lowest BCUT2D eigenvalue weighted by Gasteiger charge is -2.36. The number of nitrogens with zero attached hydrogens (tertiary/aromatic N) is 4. The van der Waals surface area contributed by atoms with Crippen LogP contribution in [0, 0.1) is 6.92 Å². The number of aryl methyl sites for hydroxylation is 1. The Bertz CT molecular complexity index is 667. The van der Waals surface area contributed by atoms with E-state index in [0.29, 0.717) is 19.7 Å².